The van der Waals surface area contributed by atoms with Crippen LogP contribution in [0.4, 0.5) is 22.7 Å². The minimum atomic E-state index is -5.23. The van der Waals surface area contributed by atoms with Crippen molar-refractivity contribution in [1.29, 1.82) is 0 Å². The van der Waals surface area contributed by atoms with Gasteiger partial charge in [-0.2, -0.15) is 21.6 Å². The number of amides is 1. The Labute approximate surface area is 121 Å². The lowest BCUT2D eigenvalue weighted by molar-refractivity contribution is -0.242. The maximum atomic E-state index is 12.7. The predicted octanol–water partition coefficient (Wildman–Crippen LogP) is 2.25. The number of halogens is 5. The van der Waals surface area contributed by atoms with Crippen LogP contribution in [0.3, 0.4) is 0 Å². The van der Waals surface area contributed by atoms with Crippen molar-refractivity contribution in [2.24, 2.45) is 0 Å². The number of benzene rings is 1. The van der Waals surface area contributed by atoms with Crippen LogP contribution in [0.25, 0.3) is 0 Å². The van der Waals surface area contributed by atoms with Gasteiger partial charge in [0.05, 0.1) is 10.7 Å². The van der Waals surface area contributed by atoms with Crippen molar-refractivity contribution in [3.05, 3.63) is 23.2 Å². The van der Waals surface area contributed by atoms with E-state index in [1.165, 1.54) is 0 Å². The van der Waals surface area contributed by atoms with E-state index in [2.05, 4.69) is 0 Å². The zero-order valence-electron chi connectivity index (χ0n) is 10.2. The normalized spacial score (nSPS) is 15.4. The van der Waals surface area contributed by atoms with Gasteiger partial charge in [-0.25, -0.2) is 0 Å². The Morgan fingerprint density at radius 1 is 1.33 bits per heavy atom. The Morgan fingerprint density at radius 3 is 2.24 bits per heavy atom. The van der Waals surface area contributed by atoms with Crippen LogP contribution < -0.4 is 5.32 Å². The van der Waals surface area contributed by atoms with Gasteiger partial charge in [-0.05, 0) is 25.1 Å². The summed E-state index contributed by atoms with van der Waals surface area (Å²) in [6, 6.07) is 2.09. The molecule has 0 heterocycles. The second kappa shape index (κ2) is 5.43. The second-order valence-electron chi connectivity index (χ2n) is 4.10. The molecule has 0 spiro atoms. The number of carbonyl (C=O) groups excluding carboxylic acids is 1. The number of rotatable bonds is 3. The predicted molar refractivity (Wildman–Crippen MR) is 65.1 cm³/mol. The fraction of sp³-hybridized carbons (Fsp3) is 0.300. The summed E-state index contributed by atoms with van der Waals surface area (Å²) in [5.41, 5.74) is -4.10. The average Bonchev–Trinajstić information content (AvgIpc) is 2.28. The SMILES string of the molecule is C[C@@](O)(C(=O)Nc1ccc(S(=O)(=O)F)cc1Cl)C(F)(F)F. The van der Waals surface area contributed by atoms with Crippen molar-refractivity contribution in [2.75, 3.05) is 5.32 Å². The van der Waals surface area contributed by atoms with Gasteiger partial charge < -0.3 is 10.4 Å². The van der Waals surface area contributed by atoms with Crippen molar-refractivity contribution in [3.8, 4) is 0 Å². The molecule has 1 aromatic rings. The molecule has 1 aromatic carbocycles. The van der Waals surface area contributed by atoms with E-state index in [9.17, 15) is 30.3 Å². The molecule has 0 aliphatic rings. The van der Waals surface area contributed by atoms with Crippen molar-refractivity contribution in [2.45, 2.75) is 23.6 Å². The maximum Gasteiger partial charge on any atom is 0.426 e. The highest BCUT2D eigenvalue weighted by atomic mass is 35.5. The van der Waals surface area contributed by atoms with Crippen molar-refractivity contribution in [3.63, 3.8) is 0 Å². The third-order valence-electron chi connectivity index (χ3n) is 2.46. The molecule has 0 unspecified atom stereocenters. The molecule has 21 heavy (non-hydrogen) atoms. The molecular formula is C10H8ClF4NO4S. The standard InChI is InChI=1S/C10H8ClF4NO4S/c1-9(18,10(12,13)14)8(17)16-7-3-2-5(4-6(7)11)21(15,19)20/h2-4,18H,1H3,(H,16,17)/t9-/m1/s1. The maximum absolute atomic E-state index is 12.7. The van der Waals surface area contributed by atoms with Crippen LogP contribution >= 0.6 is 11.6 Å². The first-order valence-electron chi connectivity index (χ1n) is 5.11. The highest BCUT2D eigenvalue weighted by Crippen LogP contribution is 2.32. The second-order valence-corrected chi connectivity index (χ2v) is 5.86. The molecule has 0 aromatic heterocycles. The topological polar surface area (TPSA) is 83.5 Å². The molecule has 1 amide bonds. The van der Waals surface area contributed by atoms with Crippen LogP contribution in [0.2, 0.25) is 5.02 Å². The van der Waals surface area contributed by atoms with E-state index < -0.39 is 43.5 Å². The van der Waals surface area contributed by atoms with E-state index in [-0.39, 0.29) is 6.92 Å². The number of hydrogen-bond acceptors (Lipinski definition) is 4. The Bertz CT molecular complexity index is 672. The van der Waals surface area contributed by atoms with E-state index in [1.807, 2.05) is 0 Å². The lowest BCUT2D eigenvalue weighted by atomic mass is 10.1. The summed E-state index contributed by atoms with van der Waals surface area (Å²) in [5.74, 6) is -1.83. The molecule has 0 bridgehead atoms. The third kappa shape index (κ3) is 3.83. The highest BCUT2D eigenvalue weighted by Gasteiger charge is 2.55. The summed E-state index contributed by atoms with van der Waals surface area (Å²) in [7, 11) is -5.05. The van der Waals surface area contributed by atoms with Crippen LogP contribution in [0, 0.1) is 0 Å². The van der Waals surface area contributed by atoms with Gasteiger partial charge in [-0.1, -0.05) is 11.6 Å². The quantitative estimate of drug-likeness (QED) is 0.647. The van der Waals surface area contributed by atoms with E-state index in [1.54, 1.807) is 5.32 Å². The van der Waals surface area contributed by atoms with E-state index >= 15 is 0 Å². The molecular weight excluding hydrogens is 342 g/mol. The summed E-state index contributed by atoms with van der Waals surface area (Å²) in [4.78, 5) is 10.6. The molecule has 0 saturated carbocycles. The fourth-order valence-corrected chi connectivity index (χ4v) is 1.90. The number of alkyl halides is 3. The van der Waals surface area contributed by atoms with Crippen LogP contribution in [0.1, 0.15) is 6.92 Å². The molecule has 5 nitrogen and oxygen atoms in total. The average molecular weight is 350 g/mol. The number of nitrogens with one attached hydrogen (secondary N) is 1. The Balaban J connectivity index is 3.08. The van der Waals surface area contributed by atoms with Gasteiger partial charge in [0.25, 0.3) is 5.91 Å². The summed E-state index contributed by atoms with van der Waals surface area (Å²) in [6.45, 7) is 0.233. The zero-order chi connectivity index (χ0) is 16.6. The van der Waals surface area contributed by atoms with Gasteiger partial charge in [0.2, 0.25) is 5.60 Å². The summed E-state index contributed by atoms with van der Waals surface area (Å²) < 4.78 is 71.2. The van der Waals surface area contributed by atoms with Crippen LogP contribution in [-0.2, 0) is 15.0 Å². The molecule has 118 valence electrons. The van der Waals surface area contributed by atoms with E-state index in [0.717, 1.165) is 6.07 Å². The third-order valence-corrected chi connectivity index (χ3v) is 3.59. The lowest BCUT2D eigenvalue weighted by Crippen LogP contribution is -2.52. The van der Waals surface area contributed by atoms with Crippen LogP contribution in [0.15, 0.2) is 23.1 Å². The number of hydrogen-bond donors (Lipinski definition) is 2. The molecule has 11 heteroatoms. The number of anilines is 1. The molecule has 0 radical (unpaired) electrons. The van der Waals surface area contributed by atoms with Crippen LogP contribution in [-0.4, -0.2) is 31.2 Å². The van der Waals surface area contributed by atoms with Gasteiger partial charge in [0.15, 0.2) is 0 Å². The van der Waals surface area contributed by atoms with E-state index in [4.69, 9.17) is 16.7 Å². The van der Waals surface area contributed by atoms with Gasteiger partial charge in [0.1, 0.15) is 4.90 Å². The monoisotopic (exact) mass is 349 g/mol. The molecule has 0 aliphatic heterocycles. The zero-order valence-corrected chi connectivity index (χ0v) is 11.8. The first-order chi connectivity index (χ1) is 9.26. The summed E-state index contributed by atoms with van der Waals surface area (Å²) in [6.07, 6.45) is -5.23. The summed E-state index contributed by atoms with van der Waals surface area (Å²) in [5, 5.41) is 10.3. The van der Waals surface area contributed by atoms with Gasteiger partial charge in [-0.15, -0.1) is 3.89 Å². The van der Waals surface area contributed by atoms with Gasteiger partial charge >= 0.3 is 16.4 Å². The van der Waals surface area contributed by atoms with Crippen LogP contribution in [0.5, 0.6) is 0 Å². The van der Waals surface area contributed by atoms with E-state index in [0.29, 0.717) is 12.1 Å². The number of carbonyl (C=O) groups is 1. The Morgan fingerprint density at radius 2 is 1.86 bits per heavy atom. The van der Waals surface area contributed by atoms with Crippen molar-refractivity contribution >= 4 is 33.4 Å². The first kappa shape index (κ1) is 17.7. The first-order valence-corrected chi connectivity index (χ1v) is 6.87. The fourth-order valence-electron chi connectivity index (χ4n) is 1.12. The molecule has 0 saturated heterocycles. The molecule has 1 atom stereocenters. The minimum absolute atomic E-state index is 0.233. The van der Waals surface area contributed by atoms with Crippen molar-refractivity contribution < 1.29 is 35.4 Å². The molecule has 0 fully saturated rings. The summed E-state index contributed by atoms with van der Waals surface area (Å²) >= 11 is 5.54. The smallest absolute Gasteiger partial charge is 0.373 e. The van der Waals surface area contributed by atoms with Crippen molar-refractivity contribution in [1.82, 2.24) is 0 Å². The Hall–Kier alpha value is -1.39. The molecule has 2 N–H and O–H groups in total. The molecule has 0 aliphatic carbocycles. The van der Waals surface area contributed by atoms with Gasteiger partial charge in [-0.3, -0.25) is 4.79 Å². The molecule has 1 rings (SSSR count). The highest BCUT2D eigenvalue weighted by molar-refractivity contribution is 7.86. The Kier molecular flexibility index (Phi) is 4.56. The minimum Gasteiger partial charge on any atom is -0.373 e. The lowest BCUT2D eigenvalue weighted by Gasteiger charge is -2.25. The van der Waals surface area contributed by atoms with Gasteiger partial charge in [0, 0.05) is 0 Å². The number of aliphatic hydroxyl groups is 1. The largest absolute Gasteiger partial charge is 0.426 e.